The molecular weight excluding hydrogens is 278 g/mol. The molecule has 0 fully saturated rings. The highest BCUT2D eigenvalue weighted by atomic mass is 32.2. The zero-order valence-electron chi connectivity index (χ0n) is 9.99. The lowest BCUT2D eigenvalue weighted by Gasteiger charge is -2.08. The summed E-state index contributed by atoms with van der Waals surface area (Å²) in [5.41, 5.74) is 0. The van der Waals surface area contributed by atoms with Crippen molar-refractivity contribution in [3.05, 3.63) is 24.3 Å². The lowest BCUT2D eigenvalue weighted by atomic mass is 10.4. The quantitative estimate of drug-likeness (QED) is 0.779. The molecule has 0 unspecified atom stereocenters. The van der Waals surface area contributed by atoms with Crippen molar-refractivity contribution in [1.29, 1.82) is 0 Å². The van der Waals surface area contributed by atoms with Crippen LogP contribution in [0.25, 0.3) is 0 Å². The minimum absolute atomic E-state index is 0.0458. The molecule has 1 aromatic rings. The van der Waals surface area contributed by atoms with Crippen molar-refractivity contribution >= 4 is 19.9 Å². The van der Waals surface area contributed by atoms with Gasteiger partial charge in [0.2, 0.25) is 10.0 Å². The van der Waals surface area contributed by atoms with Crippen LogP contribution in [0.3, 0.4) is 0 Å². The number of hydrogen-bond donors (Lipinski definition) is 2. The number of sulfonamides is 1. The molecule has 18 heavy (non-hydrogen) atoms. The monoisotopic (exact) mass is 293 g/mol. The fourth-order valence-electron chi connectivity index (χ4n) is 1.18. The SMILES string of the molecule is C[C@H](O)CNS(=O)(=O)c1ccc(S(C)(=O)=O)cc1. The second-order valence-corrected chi connectivity index (χ2v) is 7.73. The van der Waals surface area contributed by atoms with E-state index in [0.717, 1.165) is 6.26 Å². The molecule has 0 aromatic heterocycles. The van der Waals surface area contributed by atoms with Crippen molar-refractivity contribution in [2.24, 2.45) is 0 Å². The van der Waals surface area contributed by atoms with Gasteiger partial charge in [0.25, 0.3) is 0 Å². The van der Waals surface area contributed by atoms with Gasteiger partial charge in [0, 0.05) is 12.8 Å². The molecule has 0 spiro atoms. The standard InChI is InChI=1S/C10H15NO5S2/c1-8(12)7-11-18(15,16)10-5-3-9(4-6-10)17(2,13)14/h3-6,8,11-12H,7H2,1-2H3/t8-/m0/s1. The van der Waals surface area contributed by atoms with Gasteiger partial charge in [-0.3, -0.25) is 0 Å². The molecule has 6 nitrogen and oxygen atoms in total. The van der Waals surface area contributed by atoms with Crippen LogP contribution >= 0.6 is 0 Å². The molecule has 1 rings (SSSR count). The predicted octanol–water partition coefficient (Wildman–Crippen LogP) is -0.251. The van der Waals surface area contributed by atoms with E-state index in [9.17, 15) is 16.8 Å². The van der Waals surface area contributed by atoms with Crippen LogP contribution in [0.2, 0.25) is 0 Å². The first-order valence-corrected chi connectivity index (χ1v) is 8.48. The van der Waals surface area contributed by atoms with Gasteiger partial charge in [0.15, 0.2) is 9.84 Å². The molecule has 0 aliphatic carbocycles. The molecule has 102 valence electrons. The normalized spacial score (nSPS) is 14.4. The second kappa shape index (κ2) is 5.35. The van der Waals surface area contributed by atoms with E-state index in [2.05, 4.69) is 4.72 Å². The van der Waals surface area contributed by atoms with Crippen molar-refractivity contribution in [2.45, 2.75) is 22.8 Å². The van der Waals surface area contributed by atoms with Crippen LogP contribution in [-0.2, 0) is 19.9 Å². The minimum atomic E-state index is -3.72. The Bertz CT molecular complexity index is 602. The summed E-state index contributed by atoms with van der Waals surface area (Å²) >= 11 is 0. The van der Waals surface area contributed by atoms with Crippen LogP contribution in [0.5, 0.6) is 0 Å². The van der Waals surface area contributed by atoms with Gasteiger partial charge < -0.3 is 5.11 Å². The maximum atomic E-state index is 11.7. The highest BCUT2D eigenvalue weighted by Crippen LogP contribution is 2.14. The fourth-order valence-corrected chi connectivity index (χ4v) is 2.93. The molecular formula is C10H15NO5S2. The van der Waals surface area contributed by atoms with E-state index in [1.165, 1.54) is 31.2 Å². The van der Waals surface area contributed by atoms with Crippen LogP contribution < -0.4 is 4.72 Å². The number of sulfone groups is 1. The number of aliphatic hydroxyl groups excluding tert-OH is 1. The lowest BCUT2D eigenvalue weighted by molar-refractivity contribution is 0.198. The number of aliphatic hydroxyl groups is 1. The summed E-state index contributed by atoms with van der Waals surface area (Å²) in [6.07, 6.45) is 0.248. The summed E-state index contributed by atoms with van der Waals surface area (Å²) in [6.45, 7) is 1.35. The van der Waals surface area contributed by atoms with Crippen LogP contribution in [0, 0.1) is 0 Å². The van der Waals surface area contributed by atoms with Crippen LogP contribution in [0.15, 0.2) is 34.1 Å². The fraction of sp³-hybridized carbons (Fsp3) is 0.400. The minimum Gasteiger partial charge on any atom is -0.392 e. The van der Waals surface area contributed by atoms with Crippen LogP contribution in [-0.4, -0.2) is 40.8 Å². The highest BCUT2D eigenvalue weighted by molar-refractivity contribution is 7.90. The van der Waals surface area contributed by atoms with Gasteiger partial charge in [-0.05, 0) is 31.2 Å². The van der Waals surface area contributed by atoms with Crippen molar-refractivity contribution in [3.8, 4) is 0 Å². The van der Waals surface area contributed by atoms with Gasteiger partial charge in [0.05, 0.1) is 15.9 Å². The van der Waals surface area contributed by atoms with Gasteiger partial charge in [0.1, 0.15) is 0 Å². The van der Waals surface area contributed by atoms with E-state index < -0.39 is 26.0 Å². The smallest absolute Gasteiger partial charge is 0.240 e. The summed E-state index contributed by atoms with van der Waals surface area (Å²) < 4.78 is 48.1. The summed E-state index contributed by atoms with van der Waals surface area (Å²) in [5, 5.41) is 9.01. The van der Waals surface area contributed by atoms with Crippen LogP contribution in [0.4, 0.5) is 0 Å². The Kier molecular flexibility index (Phi) is 4.49. The van der Waals surface area contributed by atoms with Gasteiger partial charge in [-0.25, -0.2) is 21.6 Å². The van der Waals surface area contributed by atoms with Crippen molar-refractivity contribution in [1.82, 2.24) is 4.72 Å². The zero-order valence-corrected chi connectivity index (χ0v) is 11.6. The van der Waals surface area contributed by atoms with E-state index in [-0.39, 0.29) is 16.3 Å². The maximum Gasteiger partial charge on any atom is 0.240 e. The Morgan fingerprint density at radius 2 is 1.56 bits per heavy atom. The Balaban J connectivity index is 2.98. The molecule has 0 saturated carbocycles. The second-order valence-electron chi connectivity index (χ2n) is 3.94. The number of nitrogens with one attached hydrogen (secondary N) is 1. The molecule has 2 N–H and O–H groups in total. The Hall–Kier alpha value is -0.960. The molecule has 0 aliphatic heterocycles. The van der Waals surface area contributed by atoms with Crippen LogP contribution in [0.1, 0.15) is 6.92 Å². The maximum absolute atomic E-state index is 11.7. The van der Waals surface area contributed by atoms with Crippen molar-refractivity contribution in [2.75, 3.05) is 12.8 Å². The first-order valence-electron chi connectivity index (χ1n) is 5.11. The average Bonchev–Trinajstić information content (AvgIpc) is 2.26. The highest BCUT2D eigenvalue weighted by Gasteiger charge is 2.15. The zero-order chi connectivity index (χ0) is 14.0. The molecule has 1 atom stereocenters. The third-order valence-electron chi connectivity index (χ3n) is 2.13. The largest absolute Gasteiger partial charge is 0.392 e. The lowest BCUT2D eigenvalue weighted by Crippen LogP contribution is -2.30. The molecule has 1 aromatic carbocycles. The Labute approximate surface area is 107 Å². The molecule has 0 bridgehead atoms. The van der Waals surface area contributed by atoms with Gasteiger partial charge in [-0.15, -0.1) is 0 Å². The molecule has 0 radical (unpaired) electrons. The summed E-state index contributed by atoms with van der Waals surface area (Å²) in [4.78, 5) is 0.00697. The van der Waals surface area contributed by atoms with Crippen molar-refractivity contribution < 1.29 is 21.9 Å². The summed E-state index contributed by atoms with van der Waals surface area (Å²) in [7, 11) is -7.07. The van der Waals surface area contributed by atoms with E-state index in [1.54, 1.807) is 0 Å². The first-order chi connectivity index (χ1) is 8.13. The summed E-state index contributed by atoms with van der Waals surface area (Å²) in [6, 6.07) is 4.88. The average molecular weight is 293 g/mol. The van der Waals surface area contributed by atoms with Crippen molar-refractivity contribution in [3.63, 3.8) is 0 Å². The van der Waals surface area contributed by atoms with Gasteiger partial charge >= 0.3 is 0 Å². The summed E-state index contributed by atoms with van der Waals surface area (Å²) in [5.74, 6) is 0. The van der Waals surface area contributed by atoms with E-state index >= 15 is 0 Å². The first kappa shape index (κ1) is 15.1. The molecule has 0 aliphatic rings. The topological polar surface area (TPSA) is 101 Å². The van der Waals surface area contributed by atoms with E-state index in [1.807, 2.05) is 0 Å². The van der Waals surface area contributed by atoms with E-state index in [4.69, 9.17) is 5.11 Å². The van der Waals surface area contributed by atoms with Gasteiger partial charge in [-0.1, -0.05) is 0 Å². The third kappa shape index (κ3) is 4.05. The molecule has 0 saturated heterocycles. The Morgan fingerprint density at radius 1 is 1.11 bits per heavy atom. The molecule has 0 amide bonds. The Morgan fingerprint density at radius 3 is 1.94 bits per heavy atom. The van der Waals surface area contributed by atoms with E-state index in [0.29, 0.717) is 0 Å². The molecule has 0 heterocycles. The molecule has 8 heteroatoms. The van der Waals surface area contributed by atoms with Gasteiger partial charge in [-0.2, -0.15) is 0 Å². The number of benzene rings is 1. The number of rotatable bonds is 5. The number of hydrogen-bond acceptors (Lipinski definition) is 5. The third-order valence-corrected chi connectivity index (χ3v) is 4.70. The predicted molar refractivity (Wildman–Crippen MR) is 66.4 cm³/mol.